The lowest BCUT2D eigenvalue weighted by Gasteiger charge is -2.33. The molecule has 0 aliphatic carbocycles. The average Bonchev–Trinajstić information content (AvgIpc) is 3.22. The number of nitrogens with zero attached hydrogens (tertiary/aromatic N) is 1. The number of hydrogen-bond donors (Lipinski definition) is 1. The molecular formula is C21H27ClN2O3. The number of likely N-dealkylation sites (tertiary alicyclic amines) is 1. The summed E-state index contributed by atoms with van der Waals surface area (Å²) in [5, 5.41) is 3.65. The number of nitrogens with one attached hydrogen (secondary N) is 1. The Morgan fingerprint density at radius 2 is 2.11 bits per heavy atom. The maximum Gasteiger partial charge on any atom is 0.220 e. The molecule has 1 saturated heterocycles. The van der Waals surface area contributed by atoms with Gasteiger partial charge in [-0.3, -0.25) is 9.69 Å². The van der Waals surface area contributed by atoms with Gasteiger partial charge in [0.1, 0.15) is 11.5 Å². The van der Waals surface area contributed by atoms with Crippen LogP contribution in [0.4, 0.5) is 0 Å². The van der Waals surface area contributed by atoms with Crippen molar-refractivity contribution in [1.29, 1.82) is 0 Å². The molecule has 0 saturated carbocycles. The van der Waals surface area contributed by atoms with Crippen LogP contribution in [0.2, 0.25) is 5.02 Å². The maximum absolute atomic E-state index is 12.4. The van der Waals surface area contributed by atoms with Crippen LogP contribution in [-0.4, -0.2) is 37.6 Å². The number of furan rings is 1. The van der Waals surface area contributed by atoms with E-state index in [-0.39, 0.29) is 11.9 Å². The van der Waals surface area contributed by atoms with Crippen molar-refractivity contribution in [3.05, 3.63) is 52.9 Å². The number of hydrogen-bond acceptors (Lipinski definition) is 4. The molecule has 1 fully saturated rings. The summed E-state index contributed by atoms with van der Waals surface area (Å²) < 4.78 is 10.8. The minimum absolute atomic E-state index is 0.0375. The molecule has 1 aromatic carbocycles. The van der Waals surface area contributed by atoms with Gasteiger partial charge in [0, 0.05) is 13.0 Å². The lowest BCUT2D eigenvalue weighted by atomic mass is 10.1. The third kappa shape index (κ3) is 5.50. The lowest BCUT2D eigenvalue weighted by molar-refractivity contribution is -0.121. The molecule has 1 aliphatic heterocycles. The van der Waals surface area contributed by atoms with E-state index in [0.29, 0.717) is 30.2 Å². The Hall–Kier alpha value is -1.98. The molecule has 0 bridgehead atoms. The molecule has 0 radical (unpaired) electrons. The van der Waals surface area contributed by atoms with Crippen molar-refractivity contribution in [2.75, 3.05) is 26.7 Å². The van der Waals surface area contributed by atoms with Gasteiger partial charge in [0.05, 0.1) is 24.4 Å². The molecule has 3 rings (SSSR count). The first-order valence-electron chi connectivity index (χ1n) is 9.54. The number of methoxy groups -OCH3 is 1. The van der Waals surface area contributed by atoms with Crippen LogP contribution in [0, 0.1) is 0 Å². The third-order valence-corrected chi connectivity index (χ3v) is 5.35. The zero-order chi connectivity index (χ0) is 19.1. The Morgan fingerprint density at radius 1 is 1.30 bits per heavy atom. The summed E-state index contributed by atoms with van der Waals surface area (Å²) in [5.41, 5.74) is 1.02. The van der Waals surface area contributed by atoms with Crippen molar-refractivity contribution in [1.82, 2.24) is 10.2 Å². The molecule has 1 amide bonds. The fraction of sp³-hybridized carbons (Fsp3) is 0.476. The molecule has 146 valence electrons. The second kappa shape index (κ2) is 9.81. The van der Waals surface area contributed by atoms with Gasteiger partial charge >= 0.3 is 0 Å². The predicted octanol–water partition coefficient (Wildman–Crippen LogP) is 4.22. The number of aryl methyl sites for hydroxylation is 1. The zero-order valence-corrected chi connectivity index (χ0v) is 16.5. The zero-order valence-electron chi connectivity index (χ0n) is 15.7. The largest absolute Gasteiger partial charge is 0.495 e. The van der Waals surface area contributed by atoms with Crippen LogP contribution in [0.25, 0.3) is 0 Å². The highest BCUT2D eigenvalue weighted by atomic mass is 35.5. The normalized spacial score (nSPS) is 16.1. The van der Waals surface area contributed by atoms with Crippen LogP contribution >= 0.6 is 11.6 Å². The first kappa shape index (κ1) is 19.8. The van der Waals surface area contributed by atoms with Gasteiger partial charge in [-0.25, -0.2) is 0 Å². The number of piperidine rings is 1. The fourth-order valence-corrected chi connectivity index (χ4v) is 3.82. The summed E-state index contributed by atoms with van der Waals surface area (Å²) >= 11 is 6.15. The van der Waals surface area contributed by atoms with Gasteiger partial charge in [0.15, 0.2) is 0 Å². The molecule has 6 heteroatoms. The predicted molar refractivity (Wildman–Crippen MR) is 106 cm³/mol. The quantitative estimate of drug-likeness (QED) is 0.733. The maximum atomic E-state index is 12.4. The number of halogens is 1. The van der Waals surface area contributed by atoms with E-state index in [9.17, 15) is 4.79 Å². The molecule has 1 unspecified atom stereocenters. The van der Waals surface area contributed by atoms with Crippen molar-refractivity contribution < 1.29 is 13.9 Å². The van der Waals surface area contributed by atoms with Gasteiger partial charge in [-0.05, 0) is 62.2 Å². The van der Waals surface area contributed by atoms with Gasteiger partial charge in [-0.1, -0.05) is 24.1 Å². The van der Waals surface area contributed by atoms with Gasteiger partial charge in [-0.2, -0.15) is 0 Å². The highest BCUT2D eigenvalue weighted by molar-refractivity contribution is 6.32. The van der Waals surface area contributed by atoms with Crippen LogP contribution in [0.1, 0.15) is 43.0 Å². The Kier molecular flexibility index (Phi) is 7.18. The van der Waals surface area contributed by atoms with Crippen molar-refractivity contribution >= 4 is 17.5 Å². The van der Waals surface area contributed by atoms with Gasteiger partial charge < -0.3 is 14.5 Å². The third-order valence-electron chi connectivity index (χ3n) is 5.05. The van der Waals surface area contributed by atoms with Crippen LogP contribution in [0.15, 0.2) is 41.0 Å². The molecule has 27 heavy (non-hydrogen) atoms. The van der Waals surface area contributed by atoms with E-state index in [4.69, 9.17) is 20.8 Å². The number of carbonyl (C=O) groups excluding carboxylic acids is 1. The minimum Gasteiger partial charge on any atom is -0.495 e. The standard InChI is InChI=1S/C21H27ClN2O3/c1-26-19-9-7-16(14-17(19)22)8-10-21(25)23-15-18(20-6-5-13-27-20)24-11-3-2-4-12-24/h5-7,9,13-14,18H,2-4,8,10-12,15H2,1H3,(H,23,25). The minimum atomic E-state index is 0.0375. The van der Waals surface area contributed by atoms with E-state index < -0.39 is 0 Å². The average molecular weight is 391 g/mol. The summed E-state index contributed by atoms with van der Waals surface area (Å²) in [5.74, 6) is 1.60. The van der Waals surface area contributed by atoms with Crippen LogP contribution < -0.4 is 10.1 Å². The smallest absolute Gasteiger partial charge is 0.220 e. The van der Waals surface area contributed by atoms with Crippen LogP contribution in [0.5, 0.6) is 5.75 Å². The molecule has 1 aliphatic rings. The molecule has 1 aromatic heterocycles. The van der Waals surface area contributed by atoms with E-state index in [0.717, 1.165) is 24.4 Å². The van der Waals surface area contributed by atoms with E-state index in [1.807, 2.05) is 30.3 Å². The second-order valence-electron chi connectivity index (χ2n) is 6.90. The fourth-order valence-electron chi connectivity index (χ4n) is 3.54. The van der Waals surface area contributed by atoms with Gasteiger partial charge in [0.2, 0.25) is 5.91 Å². The molecule has 2 heterocycles. The Balaban J connectivity index is 1.52. The van der Waals surface area contributed by atoms with Crippen molar-refractivity contribution in [2.45, 2.75) is 38.1 Å². The number of carbonyl (C=O) groups is 1. The second-order valence-corrected chi connectivity index (χ2v) is 7.31. The summed E-state index contributed by atoms with van der Waals surface area (Å²) in [6.45, 7) is 2.66. The van der Waals surface area contributed by atoms with Crippen LogP contribution in [0.3, 0.4) is 0 Å². The highest BCUT2D eigenvalue weighted by Crippen LogP contribution is 2.26. The summed E-state index contributed by atoms with van der Waals surface area (Å²) in [6.07, 6.45) is 6.44. The molecule has 1 atom stereocenters. The molecule has 1 N–H and O–H groups in total. The molecule has 0 spiro atoms. The first-order chi connectivity index (χ1) is 13.2. The number of rotatable bonds is 8. The number of benzene rings is 1. The Bertz CT molecular complexity index is 727. The van der Waals surface area contributed by atoms with Gasteiger partial charge in [0.25, 0.3) is 0 Å². The van der Waals surface area contributed by atoms with Crippen molar-refractivity contribution in [3.8, 4) is 5.75 Å². The van der Waals surface area contributed by atoms with E-state index in [1.54, 1.807) is 13.4 Å². The summed E-state index contributed by atoms with van der Waals surface area (Å²) in [7, 11) is 1.59. The summed E-state index contributed by atoms with van der Waals surface area (Å²) in [4.78, 5) is 14.8. The van der Waals surface area contributed by atoms with Crippen LogP contribution in [-0.2, 0) is 11.2 Å². The van der Waals surface area contributed by atoms with E-state index >= 15 is 0 Å². The monoisotopic (exact) mass is 390 g/mol. The Morgan fingerprint density at radius 3 is 2.78 bits per heavy atom. The number of ether oxygens (including phenoxy) is 1. The first-order valence-corrected chi connectivity index (χ1v) is 9.91. The summed E-state index contributed by atoms with van der Waals surface area (Å²) in [6, 6.07) is 9.62. The van der Waals surface area contributed by atoms with Gasteiger partial charge in [-0.15, -0.1) is 0 Å². The highest BCUT2D eigenvalue weighted by Gasteiger charge is 2.24. The SMILES string of the molecule is COc1ccc(CCC(=O)NCC(c2ccco2)N2CCCCC2)cc1Cl. The van der Waals surface area contributed by atoms with E-state index in [1.165, 1.54) is 19.3 Å². The number of amides is 1. The molecular weight excluding hydrogens is 364 g/mol. The van der Waals surface area contributed by atoms with Crippen molar-refractivity contribution in [2.24, 2.45) is 0 Å². The lowest BCUT2D eigenvalue weighted by Crippen LogP contribution is -2.40. The molecule has 5 nitrogen and oxygen atoms in total. The topological polar surface area (TPSA) is 54.7 Å². The van der Waals surface area contributed by atoms with Crippen molar-refractivity contribution in [3.63, 3.8) is 0 Å². The molecule has 2 aromatic rings. The van der Waals surface area contributed by atoms with E-state index in [2.05, 4.69) is 10.2 Å². The Labute approximate surface area is 165 Å².